The number of carboxylic acids is 1. The van der Waals surface area contributed by atoms with Crippen LogP contribution in [0.2, 0.25) is 0 Å². The van der Waals surface area contributed by atoms with E-state index in [1.54, 1.807) is 0 Å². The molecule has 0 fully saturated rings. The first-order valence-electron chi connectivity index (χ1n) is 4.72. The molecule has 0 aliphatic carbocycles. The quantitative estimate of drug-likeness (QED) is 0.836. The van der Waals surface area contributed by atoms with E-state index in [1.165, 1.54) is 0 Å². The van der Waals surface area contributed by atoms with Crippen molar-refractivity contribution in [3.05, 3.63) is 17.8 Å². The summed E-state index contributed by atoms with van der Waals surface area (Å²) in [6.07, 6.45) is -15.0. The number of rotatable bonds is 3. The highest BCUT2D eigenvalue weighted by Crippen LogP contribution is 2.36. The molecule has 5 nitrogen and oxygen atoms in total. The Morgan fingerprint density at radius 1 is 1.25 bits per heavy atom. The fourth-order valence-corrected chi connectivity index (χ4v) is 1.14. The van der Waals surface area contributed by atoms with E-state index in [9.17, 15) is 31.1 Å². The first-order valence-corrected chi connectivity index (χ1v) is 4.72. The molecular weight excluding hydrogens is 298 g/mol. The Kier molecular flexibility index (Phi) is 4.01. The van der Waals surface area contributed by atoms with Crippen LogP contribution >= 0.6 is 0 Å². The standard InChI is InChI=1S/C9H6F6N2O3/c10-8(11,12)7(9(13,14)15)20-5-1-3(6(18)19)4(16)2-17-5/h1-2,7H,16H2,(H,18,19). The Balaban J connectivity index is 3.13. The highest BCUT2D eigenvalue weighted by Gasteiger charge is 2.59. The van der Waals surface area contributed by atoms with Crippen LogP contribution < -0.4 is 10.5 Å². The van der Waals surface area contributed by atoms with Crippen molar-refractivity contribution < 1.29 is 41.0 Å². The van der Waals surface area contributed by atoms with Gasteiger partial charge in [-0.3, -0.25) is 0 Å². The second kappa shape index (κ2) is 5.06. The third kappa shape index (κ3) is 3.65. The Labute approximate surface area is 107 Å². The van der Waals surface area contributed by atoms with Crippen LogP contribution in [0.1, 0.15) is 10.4 Å². The number of nitrogens with two attached hydrogens (primary N) is 1. The largest absolute Gasteiger partial charge is 0.478 e. The van der Waals surface area contributed by atoms with Gasteiger partial charge in [-0.25, -0.2) is 9.78 Å². The molecule has 0 saturated heterocycles. The highest BCUT2D eigenvalue weighted by molar-refractivity contribution is 5.93. The second-order valence-corrected chi connectivity index (χ2v) is 3.50. The number of nitrogens with zero attached hydrogens (tertiary/aromatic N) is 1. The van der Waals surface area contributed by atoms with Crippen LogP contribution in [0.4, 0.5) is 32.0 Å². The predicted molar refractivity (Wildman–Crippen MR) is 52.1 cm³/mol. The van der Waals surface area contributed by atoms with E-state index >= 15 is 0 Å². The lowest BCUT2D eigenvalue weighted by atomic mass is 10.2. The molecule has 1 heterocycles. The minimum absolute atomic E-state index is 0.377. The van der Waals surface area contributed by atoms with E-state index in [0.717, 1.165) is 0 Å². The van der Waals surface area contributed by atoms with E-state index in [0.29, 0.717) is 12.3 Å². The van der Waals surface area contributed by atoms with Crippen molar-refractivity contribution in [3.63, 3.8) is 0 Å². The van der Waals surface area contributed by atoms with Gasteiger partial charge in [0.2, 0.25) is 5.88 Å². The summed E-state index contributed by atoms with van der Waals surface area (Å²) < 4.78 is 77.1. The van der Waals surface area contributed by atoms with Crippen molar-refractivity contribution in [1.29, 1.82) is 0 Å². The van der Waals surface area contributed by atoms with Crippen molar-refractivity contribution in [3.8, 4) is 5.88 Å². The normalized spacial score (nSPS) is 12.6. The van der Waals surface area contributed by atoms with Crippen LogP contribution in [0.3, 0.4) is 0 Å². The molecule has 3 N–H and O–H groups in total. The SMILES string of the molecule is Nc1cnc(OC(C(F)(F)F)C(F)(F)F)cc1C(=O)O. The maximum absolute atomic E-state index is 12.2. The molecule has 0 aliphatic rings. The third-order valence-electron chi connectivity index (χ3n) is 1.97. The van der Waals surface area contributed by atoms with Gasteiger partial charge in [-0.15, -0.1) is 0 Å². The molecule has 0 atom stereocenters. The first kappa shape index (κ1) is 15.9. The number of hydrogen-bond donors (Lipinski definition) is 2. The lowest BCUT2D eigenvalue weighted by molar-refractivity contribution is -0.300. The van der Waals surface area contributed by atoms with Crippen molar-refractivity contribution in [2.24, 2.45) is 0 Å². The number of aromatic carboxylic acids is 1. The zero-order chi connectivity index (χ0) is 15.7. The molecule has 20 heavy (non-hydrogen) atoms. The number of ether oxygens (including phenoxy) is 1. The summed E-state index contributed by atoms with van der Waals surface area (Å²) in [7, 11) is 0. The monoisotopic (exact) mass is 304 g/mol. The molecule has 1 aromatic heterocycles. The molecule has 11 heteroatoms. The van der Waals surface area contributed by atoms with Crippen molar-refractivity contribution in [1.82, 2.24) is 4.98 Å². The summed E-state index contributed by atoms with van der Waals surface area (Å²) in [6.45, 7) is 0. The highest BCUT2D eigenvalue weighted by atomic mass is 19.4. The lowest BCUT2D eigenvalue weighted by Crippen LogP contribution is -2.46. The molecule has 0 aliphatic heterocycles. The maximum Gasteiger partial charge on any atom is 0.434 e. The molecule has 112 valence electrons. The van der Waals surface area contributed by atoms with Crippen LogP contribution in [-0.2, 0) is 0 Å². The number of hydrogen-bond acceptors (Lipinski definition) is 4. The van der Waals surface area contributed by atoms with Crippen LogP contribution in [0.5, 0.6) is 5.88 Å². The Morgan fingerprint density at radius 2 is 1.75 bits per heavy atom. The fraction of sp³-hybridized carbons (Fsp3) is 0.333. The lowest BCUT2D eigenvalue weighted by Gasteiger charge is -2.23. The molecular formula is C9H6F6N2O3. The number of halogens is 6. The van der Waals surface area contributed by atoms with E-state index in [1.807, 2.05) is 0 Å². The number of nitrogen functional groups attached to an aromatic ring is 1. The van der Waals surface area contributed by atoms with Crippen molar-refractivity contribution in [2.75, 3.05) is 5.73 Å². The number of carbonyl (C=O) groups is 1. The average molecular weight is 304 g/mol. The maximum atomic E-state index is 12.2. The Bertz CT molecular complexity index is 499. The molecule has 0 unspecified atom stereocenters. The summed E-state index contributed by atoms with van der Waals surface area (Å²) in [5, 5.41) is 8.64. The summed E-state index contributed by atoms with van der Waals surface area (Å²) in [4.78, 5) is 13.7. The fourth-order valence-electron chi connectivity index (χ4n) is 1.14. The van der Waals surface area contributed by atoms with Gasteiger partial charge in [-0.05, 0) is 0 Å². The zero-order valence-corrected chi connectivity index (χ0v) is 9.29. The van der Waals surface area contributed by atoms with Crippen LogP contribution in [0.25, 0.3) is 0 Å². The Hall–Kier alpha value is -2.20. The van der Waals surface area contributed by atoms with Gasteiger partial charge >= 0.3 is 18.3 Å². The third-order valence-corrected chi connectivity index (χ3v) is 1.97. The van der Waals surface area contributed by atoms with Gasteiger partial charge in [0, 0.05) is 6.07 Å². The number of pyridine rings is 1. The molecule has 1 rings (SSSR count). The van der Waals surface area contributed by atoms with Gasteiger partial charge in [-0.2, -0.15) is 26.3 Å². The number of anilines is 1. The van der Waals surface area contributed by atoms with Crippen LogP contribution in [-0.4, -0.2) is 34.5 Å². The zero-order valence-electron chi connectivity index (χ0n) is 9.29. The van der Waals surface area contributed by atoms with Crippen LogP contribution in [0.15, 0.2) is 12.3 Å². The van der Waals surface area contributed by atoms with E-state index in [4.69, 9.17) is 10.8 Å². The van der Waals surface area contributed by atoms with E-state index < -0.39 is 41.6 Å². The summed E-state index contributed by atoms with van der Waals surface area (Å²) >= 11 is 0. The topological polar surface area (TPSA) is 85.4 Å². The number of carboxylic acid groups (broad SMARTS) is 1. The summed E-state index contributed by atoms with van der Waals surface area (Å²) in [6, 6.07) is 0.377. The first-order chi connectivity index (χ1) is 8.93. The molecule has 0 radical (unpaired) electrons. The smallest absolute Gasteiger partial charge is 0.434 e. The van der Waals surface area contributed by atoms with E-state index in [2.05, 4.69) is 9.72 Å². The number of aromatic nitrogens is 1. The van der Waals surface area contributed by atoms with Gasteiger partial charge in [-0.1, -0.05) is 0 Å². The molecule has 0 saturated carbocycles. The molecule has 0 amide bonds. The van der Waals surface area contributed by atoms with Gasteiger partial charge in [0.1, 0.15) is 0 Å². The summed E-state index contributed by atoms with van der Waals surface area (Å²) in [5.74, 6) is -2.80. The van der Waals surface area contributed by atoms with Gasteiger partial charge in [0.05, 0.1) is 17.4 Å². The van der Waals surface area contributed by atoms with Crippen LogP contribution in [0, 0.1) is 0 Å². The van der Waals surface area contributed by atoms with Gasteiger partial charge in [0.25, 0.3) is 6.10 Å². The molecule has 0 aromatic carbocycles. The van der Waals surface area contributed by atoms with Crippen molar-refractivity contribution in [2.45, 2.75) is 18.5 Å². The van der Waals surface area contributed by atoms with Crippen molar-refractivity contribution >= 4 is 11.7 Å². The Morgan fingerprint density at radius 3 is 2.15 bits per heavy atom. The molecule has 0 spiro atoms. The minimum atomic E-state index is -5.73. The van der Waals surface area contributed by atoms with Gasteiger partial charge < -0.3 is 15.6 Å². The average Bonchev–Trinajstić information content (AvgIpc) is 2.24. The molecule has 0 bridgehead atoms. The van der Waals surface area contributed by atoms with E-state index in [-0.39, 0.29) is 0 Å². The number of alkyl halides is 6. The molecule has 1 aromatic rings. The predicted octanol–water partition coefficient (Wildman–Crippen LogP) is 2.23. The van der Waals surface area contributed by atoms with Gasteiger partial charge in [0.15, 0.2) is 0 Å². The minimum Gasteiger partial charge on any atom is -0.478 e. The second-order valence-electron chi connectivity index (χ2n) is 3.50. The summed E-state index contributed by atoms with van der Waals surface area (Å²) in [5.41, 5.74) is 4.00.